The van der Waals surface area contributed by atoms with E-state index < -0.39 is 0 Å². The minimum absolute atomic E-state index is 0.123. The Morgan fingerprint density at radius 1 is 1.19 bits per heavy atom. The Morgan fingerprint density at radius 3 is 2.57 bits per heavy atom. The summed E-state index contributed by atoms with van der Waals surface area (Å²) in [4.78, 5) is 2.20. The minimum atomic E-state index is 0.123. The van der Waals surface area contributed by atoms with Crippen molar-refractivity contribution in [3.63, 3.8) is 0 Å². The number of aryl methyl sites for hydroxylation is 1. The van der Waals surface area contributed by atoms with Crippen molar-refractivity contribution in [1.82, 2.24) is 0 Å². The van der Waals surface area contributed by atoms with Crippen LogP contribution in [0.15, 0.2) is 42.5 Å². The second kappa shape index (κ2) is 6.97. The number of anilines is 1. The molecule has 0 amide bonds. The zero-order valence-corrected chi connectivity index (χ0v) is 13.7. The van der Waals surface area contributed by atoms with E-state index in [1.54, 1.807) is 0 Å². The smallest absolute Gasteiger partial charge is 0.0459 e. The number of hydrogen-bond acceptors (Lipinski definition) is 2. The first-order chi connectivity index (χ1) is 9.95. The molecular weight excluding hydrogens is 280 g/mol. The predicted octanol–water partition coefficient (Wildman–Crippen LogP) is 4.17. The lowest BCUT2D eigenvalue weighted by Crippen LogP contribution is -2.19. The highest BCUT2D eigenvalue weighted by molar-refractivity contribution is 6.31. The second-order valence-electron chi connectivity index (χ2n) is 5.80. The number of hydrogen-bond donors (Lipinski definition) is 1. The largest absolute Gasteiger partial charge is 0.370 e. The van der Waals surface area contributed by atoms with Gasteiger partial charge in [-0.1, -0.05) is 47.5 Å². The summed E-state index contributed by atoms with van der Waals surface area (Å²) in [6.45, 7) is 4.97. The maximum absolute atomic E-state index is 6.36. The summed E-state index contributed by atoms with van der Waals surface area (Å²) >= 11 is 6.36. The molecule has 0 saturated heterocycles. The zero-order chi connectivity index (χ0) is 15.4. The minimum Gasteiger partial charge on any atom is -0.370 e. The van der Waals surface area contributed by atoms with Crippen LogP contribution < -0.4 is 10.6 Å². The van der Waals surface area contributed by atoms with Crippen LogP contribution in [-0.4, -0.2) is 13.1 Å². The molecule has 1 atom stereocenters. The van der Waals surface area contributed by atoms with E-state index in [9.17, 15) is 0 Å². The molecule has 2 rings (SSSR count). The highest BCUT2D eigenvalue weighted by atomic mass is 35.5. The highest BCUT2D eigenvalue weighted by Crippen LogP contribution is 2.25. The number of nitrogens with zero attached hydrogens (tertiary/aromatic N) is 1. The van der Waals surface area contributed by atoms with E-state index in [0.29, 0.717) is 0 Å². The summed E-state index contributed by atoms with van der Waals surface area (Å²) in [5, 5.41) is 0.792. The topological polar surface area (TPSA) is 29.3 Å². The fourth-order valence-corrected chi connectivity index (χ4v) is 2.71. The van der Waals surface area contributed by atoms with E-state index in [0.717, 1.165) is 29.2 Å². The van der Waals surface area contributed by atoms with Crippen molar-refractivity contribution < 1.29 is 0 Å². The molecule has 0 radical (unpaired) electrons. The van der Waals surface area contributed by atoms with E-state index in [2.05, 4.69) is 55.3 Å². The molecule has 0 bridgehead atoms. The van der Waals surface area contributed by atoms with E-state index in [-0.39, 0.29) is 6.04 Å². The molecule has 0 aliphatic rings. The third-order valence-corrected chi connectivity index (χ3v) is 3.87. The fraction of sp³-hybridized carbons (Fsp3) is 0.333. The molecule has 2 aromatic carbocycles. The Hall–Kier alpha value is -1.51. The Labute approximate surface area is 132 Å². The molecule has 1 unspecified atom stereocenters. The lowest BCUT2D eigenvalue weighted by Gasteiger charge is -2.21. The highest BCUT2D eigenvalue weighted by Gasteiger charge is 2.08. The maximum Gasteiger partial charge on any atom is 0.0459 e. The monoisotopic (exact) mass is 302 g/mol. The molecule has 2 N–H and O–H groups in total. The summed E-state index contributed by atoms with van der Waals surface area (Å²) in [5.41, 5.74) is 10.7. The van der Waals surface area contributed by atoms with Gasteiger partial charge in [-0.05, 0) is 43.5 Å². The third-order valence-electron chi connectivity index (χ3n) is 3.52. The van der Waals surface area contributed by atoms with Crippen LogP contribution in [0.4, 0.5) is 5.69 Å². The van der Waals surface area contributed by atoms with Gasteiger partial charge in [0.25, 0.3) is 0 Å². The molecule has 2 aromatic rings. The fourth-order valence-electron chi connectivity index (χ4n) is 2.46. The average Bonchev–Trinajstić information content (AvgIpc) is 2.40. The van der Waals surface area contributed by atoms with E-state index in [4.69, 9.17) is 17.3 Å². The van der Waals surface area contributed by atoms with Crippen LogP contribution in [0, 0.1) is 6.92 Å². The summed E-state index contributed by atoms with van der Waals surface area (Å²) in [6, 6.07) is 14.9. The van der Waals surface area contributed by atoms with Crippen molar-refractivity contribution >= 4 is 17.3 Å². The number of benzene rings is 2. The third kappa shape index (κ3) is 4.48. The molecule has 0 aromatic heterocycles. The molecule has 3 heteroatoms. The molecule has 21 heavy (non-hydrogen) atoms. The van der Waals surface area contributed by atoms with Crippen molar-refractivity contribution in [3.8, 4) is 0 Å². The van der Waals surface area contributed by atoms with Crippen molar-refractivity contribution in [1.29, 1.82) is 0 Å². The van der Waals surface area contributed by atoms with Gasteiger partial charge in [0.1, 0.15) is 0 Å². The summed E-state index contributed by atoms with van der Waals surface area (Å²) in [5.74, 6) is 0. The van der Waals surface area contributed by atoms with Gasteiger partial charge in [-0.15, -0.1) is 0 Å². The molecule has 0 spiro atoms. The van der Waals surface area contributed by atoms with Crippen molar-refractivity contribution in [2.75, 3.05) is 11.9 Å². The van der Waals surface area contributed by atoms with Crippen LogP contribution in [0.1, 0.15) is 23.6 Å². The van der Waals surface area contributed by atoms with E-state index in [1.165, 1.54) is 11.1 Å². The van der Waals surface area contributed by atoms with Crippen molar-refractivity contribution in [2.24, 2.45) is 5.73 Å². The summed E-state index contributed by atoms with van der Waals surface area (Å²) in [7, 11) is 2.08. The first-order valence-electron chi connectivity index (χ1n) is 7.26. The Kier molecular flexibility index (Phi) is 5.27. The molecule has 2 nitrogen and oxygen atoms in total. The number of nitrogens with two attached hydrogens (primary N) is 1. The average molecular weight is 303 g/mol. The molecular formula is C18H23ClN2. The lowest BCUT2D eigenvalue weighted by atomic mass is 10.1. The Balaban J connectivity index is 2.12. The predicted molar refractivity (Wildman–Crippen MR) is 92.1 cm³/mol. The molecule has 112 valence electrons. The molecule has 0 saturated carbocycles. The molecule has 0 aliphatic carbocycles. The van der Waals surface area contributed by atoms with Crippen molar-refractivity contribution in [3.05, 3.63) is 64.2 Å². The number of rotatable bonds is 5. The van der Waals surface area contributed by atoms with Gasteiger partial charge in [-0.25, -0.2) is 0 Å². The quantitative estimate of drug-likeness (QED) is 0.898. The normalized spacial score (nSPS) is 12.2. The molecule has 0 fully saturated rings. The molecule has 0 heterocycles. The van der Waals surface area contributed by atoms with E-state index in [1.807, 2.05) is 13.0 Å². The Bertz CT molecular complexity index is 608. The van der Waals surface area contributed by atoms with Gasteiger partial charge in [-0.3, -0.25) is 0 Å². The van der Waals surface area contributed by atoms with Gasteiger partial charge in [-0.2, -0.15) is 0 Å². The van der Waals surface area contributed by atoms with Crippen LogP contribution in [0.2, 0.25) is 5.02 Å². The van der Waals surface area contributed by atoms with Crippen LogP contribution in [0.3, 0.4) is 0 Å². The van der Waals surface area contributed by atoms with Crippen LogP contribution in [0.25, 0.3) is 0 Å². The van der Waals surface area contributed by atoms with E-state index >= 15 is 0 Å². The van der Waals surface area contributed by atoms with Gasteiger partial charge in [0.15, 0.2) is 0 Å². The second-order valence-corrected chi connectivity index (χ2v) is 6.21. The zero-order valence-electron chi connectivity index (χ0n) is 12.9. The van der Waals surface area contributed by atoms with Gasteiger partial charge in [0, 0.05) is 30.3 Å². The van der Waals surface area contributed by atoms with Gasteiger partial charge < -0.3 is 10.6 Å². The van der Waals surface area contributed by atoms with Crippen LogP contribution in [0.5, 0.6) is 0 Å². The SMILES string of the molecule is Cc1cccc(CN(C)c2ccc(CC(C)N)c(Cl)c2)c1. The Morgan fingerprint density at radius 2 is 1.95 bits per heavy atom. The van der Waals surface area contributed by atoms with Gasteiger partial charge in [0.05, 0.1) is 0 Å². The maximum atomic E-state index is 6.36. The standard InChI is InChI=1S/C18H23ClN2/c1-13-5-4-6-15(9-13)12-21(3)17-8-7-16(10-14(2)20)18(19)11-17/h4-9,11,14H,10,12,20H2,1-3H3. The van der Waals surface area contributed by atoms with Gasteiger partial charge in [0.2, 0.25) is 0 Å². The first-order valence-corrected chi connectivity index (χ1v) is 7.64. The molecule has 0 aliphatic heterocycles. The lowest BCUT2D eigenvalue weighted by molar-refractivity contribution is 0.738. The summed E-state index contributed by atoms with van der Waals surface area (Å²) < 4.78 is 0. The first kappa shape index (κ1) is 15.9. The van der Waals surface area contributed by atoms with Crippen LogP contribution in [-0.2, 0) is 13.0 Å². The summed E-state index contributed by atoms with van der Waals surface area (Å²) in [6.07, 6.45) is 0.806. The van der Waals surface area contributed by atoms with Crippen molar-refractivity contribution in [2.45, 2.75) is 32.9 Å². The van der Waals surface area contributed by atoms with Gasteiger partial charge >= 0.3 is 0 Å². The van der Waals surface area contributed by atoms with Crippen LogP contribution >= 0.6 is 11.6 Å². The number of halogens is 1.